The van der Waals surface area contributed by atoms with E-state index in [0.717, 1.165) is 0 Å². The van der Waals surface area contributed by atoms with E-state index in [1.165, 1.54) is 32.0 Å². The average molecular weight is 277 g/mol. The Bertz CT molecular complexity index is 461. The van der Waals surface area contributed by atoms with E-state index in [1.54, 1.807) is 6.92 Å². The van der Waals surface area contributed by atoms with Gasteiger partial charge in [-0.05, 0) is 48.9 Å². The first kappa shape index (κ1) is 16.0. The van der Waals surface area contributed by atoms with Gasteiger partial charge >= 0.3 is 6.18 Å². The average Bonchev–Trinajstić information content (AvgIpc) is 2.18. The molecule has 0 bridgehead atoms. The fourth-order valence-electron chi connectivity index (χ4n) is 2.25. The minimum atomic E-state index is -4.83. The van der Waals surface area contributed by atoms with Crippen LogP contribution in [0.5, 0.6) is 0 Å². The first-order chi connectivity index (χ1) is 8.37. The number of benzene rings is 1. The monoisotopic (exact) mass is 277 g/mol. The van der Waals surface area contributed by atoms with Crippen LogP contribution < -0.4 is 0 Å². The van der Waals surface area contributed by atoms with E-state index in [2.05, 4.69) is 6.92 Å². The second-order valence-electron chi connectivity index (χ2n) is 5.55. The molecule has 0 saturated heterocycles. The van der Waals surface area contributed by atoms with Crippen LogP contribution in [0.1, 0.15) is 31.4 Å². The molecule has 1 unspecified atom stereocenters. The first-order valence-electron chi connectivity index (χ1n) is 5.78. The maximum absolute atomic E-state index is 13.2. The Hall–Kier alpha value is -1.10. The molecule has 0 aliphatic heterocycles. The fraction of sp³-hybridized carbons (Fsp3) is 0.500. The summed E-state index contributed by atoms with van der Waals surface area (Å²) in [7, 11) is 0. The molecule has 19 heavy (non-hydrogen) atoms. The molecule has 0 spiro atoms. The highest BCUT2D eigenvalue weighted by Crippen LogP contribution is 2.41. The van der Waals surface area contributed by atoms with Gasteiger partial charge in [-0.1, -0.05) is 19.9 Å². The third-order valence-corrected chi connectivity index (χ3v) is 3.19. The molecular formula is C14H17F4O. The minimum absolute atomic E-state index is 0.429. The summed E-state index contributed by atoms with van der Waals surface area (Å²) in [5.74, 6) is -0.520. The van der Waals surface area contributed by atoms with Crippen molar-refractivity contribution in [3.63, 3.8) is 0 Å². The zero-order valence-electron chi connectivity index (χ0n) is 11.1. The lowest BCUT2D eigenvalue weighted by Gasteiger charge is -2.36. The molecule has 1 rings (SSSR count). The SMILES string of the molecule is [CH2]C(O)(CC(C)(C)c1cc(F)ccc1C)C(F)(F)F. The van der Waals surface area contributed by atoms with Crippen LogP contribution in [0.25, 0.3) is 0 Å². The van der Waals surface area contributed by atoms with Crippen molar-refractivity contribution in [3.8, 4) is 0 Å². The zero-order chi connectivity index (χ0) is 15.1. The molecule has 0 aliphatic carbocycles. The molecule has 1 aromatic carbocycles. The predicted octanol–water partition coefficient (Wildman–Crippen LogP) is 3.93. The van der Waals surface area contributed by atoms with Crippen LogP contribution in [0.15, 0.2) is 18.2 Å². The van der Waals surface area contributed by atoms with Gasteiger partial charge in [-0.3, -0.25) is 0 Å². The van der Waals surface area contributed by atoms with Crippen LogP contribution in [0.4, 0.5) is 17.6 Å². The Morgan fingerprint density at radius 1 is 1.21 bits per heavy atom. The largest absolute Gasteiger partial charge is 0.417 e. The quantitative estimate of drug-likeness (QED) is 0.830. The summed E-state index contributed by atoms with van der Waals surface area (Å²) in [6, 6.07) is 3.94. The Morgan fingerprint density at radius 3 is 2.21 bits per heavy atom. The molecule has 107 valence electrons. The maximum atomic E-state index is 13.2. The van der Waals surface area contributed by atoms with Gasteiger partial charge in [0, 0.05) is 0 Å². The van der Waals surface area contributed by atoms with E-state index in [4.69, 9.17) is 0 Å². The first-order valence-corrected chi connectivity index (χ1v) is 5.78. The van der Waals surface area contributed by atoms with E-state index < -0.39 is 29.4 Å². The van der Waals surface area contributed by atoms with Crippen molar-refractivity contribution in [2.75, 3.05) is 0 Å². The van der Waals surface area contributed by atoms with E-state index in [9.17, 15) is 22.7 Å². The van der Waals surface area contributed by atoms with E-state index in [-0.39, 0.29) is 0 Å². The molecule has 0 fully saturated rings. The third-order valence-electron chi connectivity index (χ3n) is 3.19. The van der Waals surface area contributed by atoms with Crippen LogP contribution in [0.2, 0.25) is 0 Å². The summed E-state index contributed by atoms with van der Waals surface area (Å²) in [5, 5.41) is 9.48. The Morgan fingerprint density at radius 2 is 1.74 bits per heavy atom. The highest BCUT2D eigenvalue weighted by molar-refractivity contribution is 5.33. The van der Waals surface area contributed by atoms with Gasteiger partial charge in [0.2, 0.25) is 0 Å². The number of hydrogen-bond donors (Lipinski definition) is 1. The Balaban J connectivity index is 3.15. The van der Waals surface area contributed by atoms with Gasteiger partial charge in [-0.15, -0.1) is 0 Å². The summed E-state index contributed by atoms with van der Waals surface area (Å²) in [6.45, 7) is 7.58. The molecule has 1 atom stereocenters. The Kier molecular flexibility index (Phi) is 4.01. The Labute approximate surface area is 110 Å². The molecule has 0 aromatic heterocycles. The third kappa shape index (κ3) is 3.47. The summed E-state index contributed by atoms with van der Waals surface area (Å²) in [4.78, 5) is 0. The predicted molar refractivity (Wildman–Crippen MR) is 65.1 cm³/mol. The lowest BCUT2D eigenvalue weighted by molar-refractivity contribution is -0.247. The lowest BCUT2D eigenvalue weighted by atomic mass is 9.74. The molecule has 0 heterocycles. The molecule has 1 N–H and O–H groups in total. The van der Waals surface area contributed by atoms with Gasteiger partial charge in [0.25, 0.3) is 0 Å². The van der Waals surface area contributed by atoms with Crippen molar-refractivity contribution in [1.82, 2.24) is 0 Å². The second kappa shape index (κ2) is 4.78. The number of aryl methyl sites for hydroxylation is 1. The van der Waals surface area contributed by atoms with Crippen LogP contribution >= 0.6 is 0 Å². The minimum Gasteiger partial charge on any atom is -0.380 e. The maximum Gasteiger partial charge on any atom is 0.417 e. The van der Waals surface area contributed by atoms with Crippen LogP contribution in [-0.4, -0.2) is 16.9 Å². The van der Waals surface area contributed by atoms with Crippen molar-refractivity contribution in [2.24, 2.45) is 0 Å². The number of alkyl halides is 3. The van der Waals surface area contributed by atoms with Crippen molar-refractivity contribution in [2.45, 2.75) is 44.4 Å². The molecule has 0 aliphatic rings. The molecular weight excluding hydrogens is 260 g/mol. The van der Waals surface area contributed by atoms with Gasteiger partial charge in [-0.2, -0.15) is 13.2 Å². The van der Waals surface area contributed by atoms with Crippen LogP contribution in [0, 0.1) is 19.7 Å². The number of hydrogen-bond acceptors (Lipinski definition) is 1. The summed E-state index contributed by atoms with van der Waals surface area (Å²) >= 11 is 0. The van der Waals surface area contributed by atoms with E-state index in [0.29, 0.717) is 11.1 Å². The summed E-state index contributed by atoms with van der Waals surface area (Å²) < 4.78 is 51.3. The number of rotatable bonds is 3. The fourth-order valence-corrected chi connectivity index (χ4v) is 2.25. The van der Waals surface area contributed by atoms with Crippen LogP contribution in [-0.2, 0) is 5.41 Å². The van der Waals surface area contributed by atoms with Crippen molar-refractivity contribution in [3.05, 3.63) is 42.1 Å². The molecule has 5 heteroatoms. The lowest BCUT2D eigenvalue weighted by Crippen LogP contribution is -2.46. The van der Waals surface area contributed by atoms with E-state index >= 15 is 0 Å². The normalized spacial score (nSPS) is 16.3. The molecule has 0 saturated carbocycles. The highest BCUT2D eigenvalue weighted by Gasteiger charge is 2.52. The zero-order valence-corrected chi connectivity index (χ0v) is 11.1. The topological polar surface area (TPSA) is 20.2 Å². The van der Waals surface area contributed by atoms with Crippen LogP contribution in [0.3, 0.4) is 0 Å². The van der Waals surface area contributed by atoms with Crippen molar-refractivity contribution < 1.29 is 22.7 Å². The van der Waals surface area contributed by atoms with E-state index in [1.807, 2.05) is 0 Å². The smallest absolute Gasteiger partial charge is 0.380 e. The van der Waals surface area contributed by atoms with Gasteiger partial charge in [0.15, 0.2) is 5.60 Å². The summed E-state index contributed by atoms with van der Waals surface area (Å²) in [6.07, 6.45) is -5.47. The van der Waals surface area contributed by atoms with Gasteiger partial charge < -0.3 is 5.11 Å². The molecule has 1 nitrogen and oxygen atoms in total. The molecule has 0 amide bonds. The molecule has 1 radical (unpaired) electrons. The van der Waals surface area contributed by atoms with Gasteiger partial charge in [-0.25, -0.2) is 4.39 Å². The number of aliphatic hydroxyl groups is 1. The van der Waals surface area contributed by atoms with Gasteiger partial charge in [0.1, 0.15) is 5.82 Å². The van der Waals surface area contributed by atoms with Gasteiger partial charge in [0.05, 0.1) is 0 Å². The number of halogens is 4. The second-order valence-corrected chi connectivity index (χ2v) is 5.55. The van der Waals surface area contributed by atoms with Crippen molar-refractivity contribution in [1.29, 1.82) is 0 Å². The molecule has 1 aromatic rings. The highest BCUT2D eigenvalue weighted by atomic mass is 19.4. The summed E-state index contributed by atoms with van der Waals surface area (Å²) in [5.41, 5.74) is -3.02. The van der Waals surface area contributed by atoms with Crippen molar-refractivity contribution >= 4 is 0 Å². The standard InChI is InChI=1S/C14H17F4O/c1-9-5-6-10(15)7-11(9)12(2,3)8-13(4,19)14(16,17)18/h5-7,19H,4,8H2,1-3H3.